The summed E-state index contributed by atoms with van der Waals surface area (Å²) in [7, 11) is 0. The third-order valence-corrected chi connectivity index (χ3v) is 3.68. The normalized spacial score (nSPS) is 12.7. The quantitative estimate of drug-likeness (QED) is 0.555. The van der Waals surface area contributed by atoms with Crippen molar-refractivity contribution in [3.63, 3.8) is 0 Å². The Balaban J connectivity index is 1.97. The number of rotatable bonds is 5. The summed E-state index contributed by atoms with van der Waals surface area (Å²) >= 11 is 0. The molecular weight excluding hydrogens is 262 g/mol. The standard InChI is InChI=1S/C16H19N5/c1-2-21-16-9-4-3-7-12(16)14(20-21)11-15(19-17)13-8-5-6-10-18-13/h3-10,15,19H,2,11,17H2,1H3. The van der Waals surface area contributed by atoms with Crippen LogP contribution in [0.5, 0.6) is 0 Å². The highest BCUT2D eigenvalue weighted by molar-refractivity contribution is 5.82. The van der Waals surface area contributed by atoms with Crippen molar-refractivity contribution in [1.29, 1.82) is 0 Å². The number of fused-ring (bicyclic) bond motifs is 1. The number of aromatic nitrogens is 3. The number of nitrogens with two attached hydrogens (primary N) is 1. The van der Waals surface area contributed by atoms with Crippen molar-refractivity contribution in [2.75, 3.05) is 0 Å². The number of hydrazine groups is 1. The number of aryl methyl sites for hydroxylation is 1. The van der Waals surface area contributed by atoms with Crippen LogP contribution in [0.3, 0.4) is 0 Å². The molecule has 0 radical (unpaired) electrons. The Labute approximate surface area is 123 Å². The highest BCUT2D eigenvalue weighted by Gasteiger charge is 2.16. The number of benzene rings is 1. The van der Waals surface area contributed by atoms with Gasteiger partial charge in [-0.1, -0.05) is 24.3 Å². The lowest BCUT2D eigenvalue weighted by Gasteiger charge is -2.13. The van der Waals surface area contributed by atoms with Crippen LogP contribution in [0.1, 0.15) is 24.4 Å². The van der Waals surface area contributed by atoms with Crippen LogP contribution >= 0.6 is 0 Å². The summed E-state index contributed by atoms with van der Waals surface area (Å²) in [6, 6.07) is 14.1. The lowest BCUT2D eigenvalue weighted by Crippen LogP contribution is -2.30. The van der Waals surface area contributed by atoms with Crippen LogP contribution in [0.15, 0.2) is 48.7 Å². The minimum atomic E-state index is -0.0465. The summed E-state index contributed by atoms with van der Waals surface area (Å²) in [5.74, 6) is 5.71. The minimum absolute atomic E-state index is 0.0465. The molecule has 2 aromatic heterocycles. The molecule has 0 saturated carbocycles. The summed E-state index contributed by atoms with van der Waals surface area (Å²) in [6.45, 7) is 2.95. The first-order valence-electron chi connectivity index (χ1n) is 7.15. The van der Waals surface area contributed by atoms with Crippen molar-refractivity contribution in [2.45, 2.75) is 25.9 Å². The largest absolute Gasteiger partial charge is 0.271 e. The third-order valence-electron chi connectivity index (χ3n) is 3.68. The van der Waals surface area contributed by atoms with E-state index >= 15 is 0 Å². The molecule has 0 aliphatic rings. The molecule has 0 saturated heterocycles. The molecule has 0 aliphatic heterocycles. The van der Waals surface area contributed by atoms with Gasteiger partial charge < -0.3 is 0 Å². The molecule has 0 fully saturated rings. The van der Waals surface area contributed by atoms with Gasteiger partial charge in [0.1, 0.15) is 0 Å². The lowest BCUT2D eigenvalue weighted by molar-refractivity contribution is 0.527. The van der Waals surface area contributed by atoms with Crippen molar-refractivity contribution in [1.82, 2.24) is 20.2 Å². The van der Waals surface area contributed by atoms with E-state index in [2.05, 4.69) is 29.5 Å². The monoisotopic (exact) mass is 281 g/mol. The van der Waals surface area contributed by atoms with Crippen LogP contribution in [-0.4, -0.2) is 14.8 Å². The summed E-state index contributed by atoms with van der Waals surface area (Å²) in [4.78, 5) is 4.38. The summed E-state index contributed by atoms with van der Waals surface area (Å²) in [5, 5.41) is 5.89. The Morgan fingerprint density at radius 1 is 1.19 bits per heavy atom. The van der Waals surface area contributed by atoms with Crippen LogP contribution in [0.4, 0.5) is 0 Å². The summed E-state index contributed by atoms with van der Waals surface area (Å²) in [6.07, 6.45) is 2.49. The molecule has 5 nitrogen and oxygen atoms in total. The van der Waals surface area contributed by atoms with Gasteiger partial charge in [-0.2, -0.15) is 5.10 Å². The topological polar surface area (TPSA) is 68.8 Å². The van der Waals surface area contributed by atoms with Gasteiger partial charge in [0.2, 0.25) is 0 Å². The van der Waals surface area contributed by atoms with Gasteiger partial charge in [-0.25, -0.2) is 0 Å². The van der Waals surface area contributed by atoms with E-state index in [9.17, 15) is 0 Å². The van der Waals surface area contributed by atoms with Crippen LogP contribution in [0.25, 0.3) is 10.9 Å². The highest BCUT2D eigenvalue weighted by Crippen LogP contribution is 2.23. The molecule has 0 bridgehead atoms. The molecule has 108 valence electrons. The van der Waals surface area contributed by atoms with E-state index < -0.39 is 0 Å². The number of nitrogens with one attached hydrogen (secondary N) is 1. The van der Waals surface area contributed by atoms with Gasteiger partial charge in [0.15, 0.2) is 0 Å². The first kappa shape index (κ1) is 13.7. The van der Waals surface area contributed by atoms with Crippen LogP contribution in [0, 0.1) is 0 Å². The predicted octanol–water partition coefficient (Wildman–Crippen LogP) is 2.20. The Bertz CT molecular complexity index is 720. The number of para-hydroxylation sites is 1. The molecule has 0 aliphatic carbocycles. The molecule has 3 rings (SSSR count). The average molecular weight is 281 g/mol. The van der Waals surface area contributed by atoms with Crippen LogP contribution < -0.4 is 11.3 Å². The molecule has 21 heavy (non-hydrogen) atoms. The van der Waals surface area contributed by atoms with E-state index in [1.807, 2.05) is 35.0 Å². The van der Waals surface area contributed by atoms with Gasteiger partial charge in [0, 0.05) is 24.5 Å². The molecular formula is C16H19N5. The number of pyridine rings is 1. The zero-order valence-electron chi connectivity index (χ0n) is 12.0. The maximum atomic E-state index is 5.71. The van der Waals surface area contributed by atoms with Gasteiger partial charge in [-0.05, 0) is 25.1 Å². The SMILES string of the molecule is CCn1nc(CC(NN)c2ccccn2)c2ccccc21. The maximum absolute atomic E-state index is 5.71. The van der Waals surface area contributed by atoms with E-state index in [0.29, 0.717) is 6.42 Å². The Morgan fingerprint density at radius 2 is 2.00 bits per heavy atom. The highest BCUT2D eigenvalue weighted by atomic mass is 15.3. The van der Waals surface area contributed by atoms with Gasteiger partial charge in [0.25, 0.3) is 0 Å². The molecule has 0 amide bonds. The first-order chi connectivity index (χ1) is 10.3. The van der Waals surface area contributed by atoms with Crippen molar-refractivity contribution in [3.8, 4) is 0 Å². The maximum Gasteiger partial charge on any atom is 0.0723 e. The second kappa shape index (κ2) is 6.03. The minimum Gasteiger partial charge on any atom is -0.271 e. The van der Waals surface area contributed by atoms with Crippen LogP contribution in [0.2, 0.25) is 0 Å². The fourth-order valence-electron chi connectivity index (χ4n) is 2.61. The molecule has 1 unspecified atom stereocenters. The van der Waals surface area contributed by atoms with Crippen LogP contribution in [-0.2, 0) is 13.0 Å². The molecule has 1 aromatic carbocycles. The van der Waals surface area contributed by atoms with Gasteiger partial charge in [-0.15, -0.1) is 0 Å². The summed E-state index contributed by atoms with van der Waals surface area (Å²) in [5.41, 5.74) is 5.97. The Hall–Kier alpha value is -2.24. The zero-order valence-corrected chi connectivity index (χ0v) is 12.0. The lowest BCUT2D eigenvalue weighted by atomic mass is 10.1. The van der Waals surface area contributed by atoms with Crippen molar-refractivity contribution in [2.24, 2.45) is 5.84 Å². The fraction of sp³-hybridized carbons (Fsp3) is 0.250. The van der Waals surface area contributed by atoms with Crippen molar-refractivity contribution in [3.05, 3.63) is 60.0 Å². The second-order valence-corrected chi connectivity index (χ2v) is 4.96. The van der Waals surface area contributed by atoms with Crippen molar-refractivity contribution >= 4 is 10.9 Å². The number of hydrogen-bond donors (Lipinski definition) is 2. The van der Waals surface area contributed by atoms with E-state index in [-0.39, 0.29) is 6.04 Å². The first-order valence-corrected chi connectivity index (χ1v) is 7.15. The van der Waals surface area contributed by atoms with E-state index in [1.165, 1.54) is 5.39 Å². The van der Waals surface area contributed by atoms with Gasteiger partial charge in [-0.3, -0.25) is 20.9 Å². The average Bonchev–Trinajstić information content (AvgIpc) is 2.91. The van der Waals surface area contributed by atoms with E-state index in [4.69, 9.17) is 10.9 Å². The molecule has 3 N–H and O–H groups in total. The Morgan fingerprint density at radius 3 is 2.71 bits per heavy atom. The molecule has 5 heteroatoms. The van der Waals surface area contributed by atoms with E-state index in [0.717, 1.165) is 23.4 Å². The predicted molar refractivity (Wildman–Crippen MR) is 83.4 cm³/mol. The molecule has 3 aromatic rings. The molecule has 1 atom stereocenters. The van der Waals surface area contributed by atoms with Gasteiger partial charge >= 0.3 is 0 Å². The smallest absolute Gasteiger partial charge is 0.0723 e. The second-order valence-electron chi connectivity index (χ2n) is 4.96. The van der Waals surface area contributed by atoms with Crippen molar-refractivity contribution < 1.29 is 0 Å². The number of hydrogen-bond acceptors (Lipinski definition) is 4. The third kappa shape index (κ3) is 2.66. The van der Waals surface area contributed by atoms with E-state index in [1.54, 1.807) is 6.20 Å². The Kier molecular flexibility index (Phi) is 3.94. The number of nitrogens with zero attached hydrogens (tertiary/aromatic N) is 3. The molecule has 0 spiro atoms. The zero-order chi connectivity index (χ0) is 14.7. The molecule has 2 heterocycles. The fourth-order valence-corrected chi connectivity index (χ4v) is 2.61. The summed E-state index contributed by atoms with van der Waals surface area (Å²) < 4.78 is 2.02. The van der Waals surface area contributed by atoms with Gasteiger partial charge in [0.05, 0.1) is 22.9 Å².